The van der Waals surface area contributed by atoms with E-state index in [1.54, 1.807) is 0 Å². The zero-order valence-electron chi connectivity index (χ0n) is 68.9. The molecular weight excluding hydrogens is 1370 g/mol. The molecule has 0 radical (unpaired) electrons. The van der Waals surface area contributed by atoms with Crippen molar-refractivity contribution in [1.82, 2.24) is 0 Å². The maximum absolute atomic E-state index is 13.1. The van der Waals surface area contributed by atoms with Gasteiger partial charge in [0, 0.05) is 25.7 Å². The minimum atomic E-state index is -4.96. The second-order valence-corrected chi connectivity index (χ2v) is 34.3. The van der Waals surface area contributed by atoms with E-state index < -0.39 is 97.5 Å². The average molecular weight is 1540 g/mol. The molecule has 2 unspecified atom stereocenters. The number of carbonyl (C=O) groups excluding carboxylic acids is 4. The first kappa shape index (κ1) is 103. The number of esters is 4. The lowest BCUT2D eigenvalue weighted by molar-refractivity contribution is -0.161. The highest BCUT2D eigenvalue weighted by Crippen LogP contribution is 2.45. The molecule has 0 aromatic heterocycles. The maximum atomic E-state index is 13.1. The van der Waals surface area contributed by atoms with E-state index in [1.165, 1.54) is 276 Å². The van der Waals surface area contributed by atoms with Gasteiger partial charge in [-0.25, -0.2) is 9.13 Å². The molecule has 0 spiro atoms. The van der Waals surface area contributed by atoms with Crippen LogP contribution >= 0.6 is 15.6 Å². The molecule has 0 saturated carbocycles. The number of carbonyl (C=O) groups is 4. The molecule has 0 rings (SSSR count). The van der Waals surface area contributed by atoms with E-state index in [0.29, 0.717) is 25.7 Å². The molecule has 0 heterocycles. The number of hydrogen-bond donors (Lipinski definition) is 3. The van der Waals surface area contributed by atoms with Crippen LogP contribution in [0.25, 0.3) is 0 Å². The van der Waals surface area contributed by atoms with Gasteiger partial charge in [-0.05, 0) is 31.6 Å². The van der Waals surface area contributed by atoms with Crippen LogP contribution in [0.2, 0.25) is 0 Å². The number of phosphoric ester groups is 2. The lowest BCUT2D eigenvalue weighted by Gasteiger charge is -2.21. The van der Waals surface area contributed by atoms with Crippen LogP contribution in [0.3, 0.4) is 0 Å². The predicted molar refractivity (Wildman–Crippen MR) is 432 cm³/mol. The Hall–Kier alpha value is -1.94. The van der Waals surface area contributed by atoms with Crippen molar-refractivity contribution in [3.8, 4) is 0 Å². The van der Waals surface area contributed by atoms with E-state index in [-0.39, 0.29) is 25.7 Å². The maximum Gasteiger partial charge on any atom is 0.472 e. The topological polar surface area (TPSA) is 237 Å². The Morgan fingerprint density at radius 2 is 0.438 bits per heavy atom. The normalized spacial score (nSPS) is 13.8. The smallest absolute Gasteiger partial charge is 0.462 e. The van der Waals surface area contributed by atoms with Gasteiger partial charge in [-0.15, -0.1) is 0 Å². The first-order valence-corrected chi connectivity index (χ1v) is 47.6. The fourth-order valence-electron chi connectivity index (χ4n) is 13.5. The summed E-state index contributed by atoms with van der Waals surface area (Å²) in [5.41, 5.74) is 0. The van der Waals surface area contributed by atoms with Crippen molar-refractivity contribution < 1.29 is 80.2 Å². The summed E-state index contributed by atoms with van der Waals surface area (Å²) in [6.07, 6.45) is 72.5. The Morgan fingerprint density at radius 3 is 0.648 bits per heavy atom. The molecule has 0 amide bonds. The Bertz CT molecular complexity index is 2000. The summed E-state index contributed by atoms with van der Waals surface area (Å²) in [4.78, 5) is 73.0. The van der Waals surface area contributed by atoms with E-state index in [0.717, 1.165) is 109 Å². The van der Waals surface area contributed by atoms with Gasteiger partial charge in [-0.2, -0.15) is 0 Å². The molecule has 0 aliphatic heterocycles. The first-order chi connectivity index (χ1) is 51.0. The van der Waals surface area contributed by atoms with Crippen molar-refractivity contribution in [3.63, 3.8) is 0 Å². The summed E-state index contributed by atoms with van der Waals surface area (Å²) in [6.45, 7) is 7.35. The Kier molecular flexibility index (Phi) is 77.3. The van der Waals surface area contributed by atoms with Crippen molar-refractivity contribution in [2.24, 2.45) is 5.92 Å². The molecule has 17 nitrogen and oxygen atoms in total. The molecule has 0 fully saturated rings. The highest BCUT2D eigenvalue weighted by molar-refractivity contribution is 7.47. The molecule has 0 aliphatic carbocycles. The Balaban J connectivity index is 5.15. The molecular formula is C86H168O17P2. The SMILES string of the molecule is CCCCCCCCCCCCCCCCCCCCCCCCC(=O)O[C@H](COC(=O)CCCCCCCCCCCCCCCCCCC(C)C)COP(=O)(O)OC[C@@H](O)COP(=O)(O)OC[C@@H](COC(=O)CCCCCCCCC)OC(=O)CCCCCCCCCCCCCCCCCCC. The van der Waals surface area contributed by atoms with Crippen LogP contribution in [0.4, 0.5) is 0 Å². The molecule has 105 heavy (non-hydrogen) atoms. The van der Waals surface area contributed by atoms with Crippen molar-refractivity contribution in [1.29, 1.82) is 0 Å². The van der Waals surface area contributed by atoms with E-state index >= 15 is 0 Å². The second-order valence-electron chi connectivity index (χ2n) is 31.4. The van der Waals surface area contributed by atoms with Gasteiger partial charge in [0.1, 0.15) is 19.3 Å². The summed E-state index contributed by atoms with van der Waals surface area (Å²) in [6, 6.07) is 0. The lowest BCUT2D eigenvalue weighted by Crippen LogP contribution is -2.30. The van der Waals surface area contributed by atoms with Gasteiger partial charge in [0.2, 0.25) is 0 Å². The van der Waals surface area contributed by atoms with Crippen LogP contribution in [0.5, 0.6) is 0 Å². The number of unbranched alkanes of at least 4 members (excludes halogenated alkanes) is 58. The van der Waals surface area contributed by atoms with E-state index in [2.05, 4.69) is 34.6 Å². The molecule has 3 N–H and O–H groups in total. The fourth-order valence-corrected chi connectivity index (χ4v) is 15.1. The Labute approximate surface area is 645 Å². The number of rotatable bonds is 86. The van der Waals surface area contributed by atoms with Gasteiger partial charge < -0.3 is 33.8 Å². The van der Waals surface area contributed by atoms with Crippen LogP contribution in [-0.4, -0.2) is 96.7 Å². The monoisotopic (exact) mass is 1540 g/mol. The zero-order valence-corrected chi connectivity index (χ0v) is 70.7. The quantitative estimate of drug-likeness (QED) is 0.0222. The lowest BCUT2D eigenvalue weighted by atomic mass is 10.0. The van der Waals surface area contributed by atoms with Gasteiger partial charge in [0.05, 0.1) is 26.4 Å². The Morgan fingerprint density at radius 1 is 0.257 bits per heavy atom. The van der Waals surface area contributed by atoms with Crippen molar-refractivity contribution in [2.75, 3.05) is 39.6 Å². The predicted octanol–water partition coefficient (Wildman–Crippen LogP) is 26.4. The highest BCUT2D eigenvalue weighted by Gasteiger charge is 2.30. The average Bonchev–Trinajstić information content (AvgIpc) is 0.913. The summed E-state index contributed by atoms with van der Waals surface area (Å²) in [7, 11) is -9.92. The highest BCUT2D eigenvalue weighted by atomic mass is 31.2. The standard InChI is InChI=1S/C86H168O17P2/c1-6-9-12-15-18-20-22-24-26-28-29-30-31-32-34-40-44-48-52-57-62-67-72-86(91)103-82(76-97-84(89)70-65-60-55-50-46-42-38-36-35-37-41-45-49-54-58-63-68-79(4)5)78-101-105(94,95)99-74-80(87)73-98-104(92,93)100-77-81(75-96-83(88)69-64-59-53-17-14-11-8-3)102-85(90)71-66-61-56-51-47-43-39-33-27-25-23-21-19-16-13-10-7-2/h79-82,87H,6-78H2,1-5H3,(H,92,93)(H,94,95)/t80-,81+,82+/m0/s1. The summed E-state index contributed by atoms with van der Waals surface area (Å²) < 4.78 is 68.8. The van der Waals surface area contributed by atoms with Crippen LogP contribution in [0, 0.1) is 5.92 Å². The minimum Gasteiger partial charge on any atom is -0.462 e. The zero-order chi connectivity index (χ0) is 76.9. The largest absolute Gasteiger partial charge is 0.472 e. The number of aliphatic hydroxyl groups excluding tert-OH is 1. The van der Waals surface area contributed by atoms with Crippen molar-refractivity contribution in [3.05, 3.63) is 0 Å². The fraction of sp³-hybridized carbons (Fsp3) is 0.953. The molecule has 19 heteroatoms. The van der Waals surface area contributed by atoms with E-state index in [1.807, 2.05) is 0 Å². The van der Waals surface area contributed by atoms with Gasteiger partial charge in [0.15, 0.2) is 12.2 Å². The van der Waals surface area contributed by atoms with E-state index in [4.69, 9.17) is 37.0 Å². The number of phosphoric acid groups is 2. The van der Waals surface area contributed by atoms with Gasteiger partial charge in [-0.1, -0.05) is 413 Å². The number of ether oxygens (including phenoxy) is 4. The number of aliphatic hydroxyl groups is 1. The molecule has 0 aromatic carbocycles. The minimum absolute atomic E-state index is 0.109. The molecule has 5 atom stereocenters. The number of hydrogen-bond acceptors (Lipinski definition) is 15. The van der Waals surface area contributed by atoms with Crippen LogP contribution in [0.1, 0.15) is 465 Å². The van der Waals surface area contributed by atoms with Crippen molar-refractivity contribution >= 4 is 39.5 Å². The second kappa shape index (κ2) is 78.7. The van der Waals surface area contributed by atoms with Gasteiger partial charge >= 0.3 is 39.5 Å². The van der Waals surface area contributed by atoms with Gasteiger partial charge in [-0.3, -0.25) is 37.3 Å². The summed E-state index contributed by atoms with van der Waals surface area (Å²) >= 11 is 0. The molecule has 624 valence electrons. The third kappa shape index (κ3) is 79.9. The van der Waals surface area contributed by atoms with Crippen LogP contribution in [-0.2, 0) is 65.4 Å². The third-order valence-electron chi connectivity index (χ3n) is 20.3. The van der Waals surface area contributed by atoms with E-state index in [9.17, 15) is 43.2 Å². The van der Waals surface area contributed by atoms with Crippen LogP contribution < -0.4 is 0 Å². The summed E-state index contributed by atoms with van der Waals surface area (Å²) in [5, 5.41) is 10.7. The van der Waals surface area contributed by atoms with Crippen LogP contribution in [0.15, 0.2) is 0 Å². The third-order valence-corrected chi connectivity index (χ3v) is 22.2. The molecule has 0 aromatic rings. The molecule has 0 saturated heterocycles. The van der Waals surface area contributed by atoms with Gasteiger partial charge in [0.25, 0.3) is 0 Å². The molecule has 0 aliphatic rings. The van der Waals surface area contributed by atoms with Crippen molar-refractivity contribution in [2.45, 2.75) is 483 Å². The molecule has 0 bridgehead atoms. The summed E-state index contributed by atoms with van der Waals surface area (Å²) in [5.74, 6) is -1.29. The first-order valence-electron chi connectivity index (χ1n) is 44.6.